The molecule has 1 saturated heterocycles. The van der Waals surface area contributed by atoms with E-state index in [0.717, 1.165) is 43.5 Å². The molecule has 0 bridgehead atoms. The van der Waals surface area contributed by atoms with Crippen molar-refractivity contribution in [2.24, 2.45) is 5.73 Å². The molecule has 0 saturated carbocycles. The Hall–Kier alpha value is -1.88. The SMILES string of the molecule is N[C@H]1CCCN(C(=O)CCCc2ccc3c(c2)CC(=O)N3)C1. The second-order valence-electron chi connectivity index (χ2n) is 6.31. The molecule has 5 heteroatoms. The molecular weight excluding hydrogens is 278 g/mol. The predicted octanol–water partition coefficient (Wildman–Crippen LogP) is 1.45. The number of nitrogens with one attached hydrogen (secondary N) is 1. The van der Waals surface area contributed by atoms with Gasteiger partial charge in [0.2, 0.25) is 11.8 Å². The average Bonchev–Trinajstić information content (AvgIpc) is 2.86. The van der Waals surface area contributed by atoms with Gasteiger partial charge in [0.15, 0.2) is 0 Å². The van der Waals surface area contributed by atoms with Gasteiger partial charge in [0, 0.05) is 31.2 Å². The van der Waals surface area contributed by atoms with Gasteiger partial charge >= 0.3 is 0 Å². The van der Waals surface area contributed by atoms with Crippen LogP contribution in [0.25, 0.3) is 0 Å². The van der Waals surface area contributed by atoms with Gasteiger partial charge in [-0.15, -0.1) is 0 Å². The molecule has 22 heavy (non-hydrogen) atoms. The lowest BCUT2D eigenvalue weighted by Gasteiger charge is -2.30. The van der Waals surface area contributed by atoms with E-state index >= 15 is 0 Å². The number of aryl methyl sites for hydroxylation is 1. The lowest BCUT2D eigenvalue weighted by molar-refractivity contribution is -0.132. The van der Waals surface area contributed by atoms with Crippen LogP contribution >= 0.6 is 0 Å². The second-order valence-corrected chi connectivity index (χ2v) is 6.31. The first-order valence-corrected chi connectivity index (χ1v) is 8.07. The van der Waals surface area contributed by atoms with Gasteiger partial charge in [-0.1, -0.05) is 12.1 Å². The highest BCUT2D eigenvalue weighted by molar-refractivity contribution is 5.99. The number of benzene rings is 1. The van der Waals surface area contributed by atoms with Crippen LogP contribution in [0.2, 0.25) is 0 Å². The van der Waals surface area contributed by atoms with Crippen LogP contribution in [0.15, 0.2) is 18.2 Å². The molecule has 1 fully saturated rings. The topological polar surface area (TPSA) is 75.4 Å². The molecule has 2 heterocycles. The number of carbonyl (C=O) groups is 2. The molecule has 1 atom stereocenters. The fourth-order valence-electron chi connectivity index (χ4n) is 3.28. The molecule has 3 rings (SSSR count). The summed E-state index contributed by atoms with van der Waals surface area (Å²) in [6, 6.07) is 6.21. The normalized spacial score (nSPS) is 20.7. The zero-order valence-electron chi connectivity index (χ0n) is 12.8. The molecule has 5 nitrogen and oxygen atoms in total. The maximum Gasteiger partial charge on any atom is 0.228 e. The number of hydrogen-bond donors (Lipinski definition) is 2. The van der Waals surface area contributed by atoms with Gasteiger partial charge in [-0.3, -0.25) is 9.59 Å². The first-order valence-electron chi connectivity index (χ1n) is 8.07. The monoisotopic (exact) mass is 301 g/mol. The van der Waals surface area contributed by atoms with Gasteiger partial charge in [-0.05, 0) is 42.9 Å². The van der Waals surface area contributed by atoms with Gasteiger partial charge in [-0.2, -0.15) is 0 Å². The van der Waals surface area contributed by atoms with E-state index in [0.29, 0.717) is 19.4 Å². The van der Waals surface area contributed by atoms with Crippen molar-refractivity contribution in [3.63, 3.8) is 0 Å². The van der Waals surface area contributed by atoms with Crippen LogP contribution in [-0.2, 0) is 22.4 Å². The van der Waals surface area contributed by atoms with E-state index in [-0.39, 0.29) is 17.9 Å². The second kappa shape index (κ2) is 6.48. The molecule has 118 valence electrons. The van der Waals surface area contributed by atoms with Crippen molar-refractivity contribution in [2.45, 2.75) is 44.6 Å². The molecule has 1 aromatic rings. The number of nitrogens with two attached hydrogens (primary N) is 1. The Morgan fingerprint density at radius 2 is 2.27 bits per heavy atom. The van der Waals surface area contributed by atoms with Gasteiger partial charge in [-0.25, -0.2) is 0 Å². The fraction of sp³-hybridized carbons (Fsp3) is 0.529. The lowest BCUT2D eigenvalue weighted by atomic mass is 10.0. The third kappa shape index (κ3) is 3.47. The molecule has 0 aliphatic carbocycles. The zero-order valence-corrected chi connectivity index (χ0v) is 12.8. The van der Waals surface area contributed by atoms with Crippen LogP contribution in [0.3, 0.4) is 0 Å². The number of hydrogen-bond acceptors (Lipinski definition) is 3. The molecule has 3 N–H and O–H groups in total. The van der Waals surface area contributed by atoms with Crippen molar-refractivity contribution in [1.29, 1.82) is 0 Å². The van der Waals surface area contributed by atoms with Crippen molar-refractivity contribution in [3.8, 4) is 0 Å². The fourth-order valence-corrected chi connectivity index (χ4v) is 3.28. The minimum Gasteiger partial charge on any atom is -0.341 e. The van der Waals surface area contributed by atoms with Crippen molar-refractivity contribution < 1.29 is 9.59 Å². The van der Waals surface area contributed by atoms with Gasteiger partial charge in [0.1, 0.15) is 0 Å². The Balaban J connectivity index is 1.48. The quantitative estimate of drug-likeness (QED) is 0.884. The number of rotatable bonds is 4. The average molecular weight is 301 g/mol. The maximum atomic E-state index is 12.2. The molecule has 0 spiro atoms. The van der Waals surface area contributed by atoms with E-state index in [1.54, 1.807) is 0 Å². The van der Waals surface area contributed by atoms with E-state index in [4.69, 9.17) is 5.73 Å². The summed E-state index contributed by atoms with van der Waals surface area (Å²) in [7, 11) is 0. The van der Waals surface area contributed by atoms with Crippen LogP contribution in [0.5, 0.6) is 0 Å². The number of amides is 2. The van der Waals surface area contributed by atoms with E-state index in [1.165, 1.54) is 5.56 Å². The van der Waals surface area contributed by atoms with Crippen LogP contribution in [-0.4, -0.2) is 35.8 Å². The Kier molecular flexibility index (Phi) is 4.43. The Labute approximate surface area is 130 Å². The first-order chi connectivity index (χ1) is 10.6. The van der Waals surface area contributed by atoms with Crippen LogP contribution in [0.1, 0.15) is 36.8 Å². The summed E-state index contributed by atoms with van der Waals surface area (Å²) in [5.41, 5.74) is 9.10. The van der Waals surface area contributed by atoms with Crippen molar-refractivity contribution >= 4 is 17.5 Å². The molecule has 1 aromatic carbocycles. The van der Waals surface area contributed by atoms with E-state index < -0.39 is 0 Å². The van der Waals surface area contributed by atoms with Crippen LogP contribution in [0, 0.1) is 0 Å². The summed E-state index contributed by atoms with van der Waals surface area (Å²) in [5, 5.41) is 2.83. The summed E-state index contributed by atoms with van der Waals surface area (Å²) >= 11 is 0. The Morgan fingerprint density at radius 1 is 1.41 bits per heavy atom. The standard InChI is InChI=1S/C17H23N3O2/c18-14-4-2-8-20(11-14)17(22)5-1-3-12-6-7-15-13(9-12)10-16(21)19-15/h6-7,9,14H,1-5,8,10-11,18H2,(H,19,21)/t14-/m0/s1. The van der Waals surface area contributed by atoms with Gasteiger partial charge < -0.3 is 16.0 Å². The number of nitrogens with zero attached hydrogens (tertiary/aromatic N) is 1. The third-order valence-corrected chi connectivity index (χ3v) is 4.46. The Morgan fingerprint density at radius 3 is 3.09 bits per heavy atom. The van der Waals surface area contributed by atoms with E-state index in [1.807, 2.05) is 17.0 Å². The molecule has 0 unspecified atom stereocenters. The number of fused-ring (bicyclic) bond motifs is 1. The van der Waals surface area contributed by atoms with E-state index in [2.05, 4.69) is 11.4 Å². The first kappa shape index (κ1) is 15.0. The zero-order chi connectivity index (χ0) is 15.5. The smallest absolute Gasteiger partial charge is 0.228 e. The molecular formula is C17H23N3O2. The number of carbonyl (C=O) groups excluding carboxylic acids is 2. The molecule has 0 radical (unpaired) electrons. The van der Waals surface area contributed by atoms with Gasteiger partial charge in [0.05, 0.1) is 6.42 Å². The lowest BCUT2D eigenvalue weighted by Crippen LogP contribution is -2.45. The van der Waals surface area contributed by atoms with Crippen molar-refractivity contribution in [1.82, 2.24) is 4.90 Å². The number of likely N-dealkylation sites (tertiary alicyclic amines) is 1. The molecule has 2 amide bonds. The highest BCUT2D eigenvalue weighted by Gasteiger charge is 2.21. The number of piperidine rings is 1. The van der Waals surface area contributed by atoms with Crippen LogP contribution < -0.4 is 11.1 Å². The summed E-state index contributed by atoms with van der Waals surface area (Å²) in [6.07, 6.45) is 4.77. The predicted molar refractivity (Wildman–Crippen MR) is 85.5 cm³/mol. The molecule has 0 aromatic heterocycles. The van der Waals surface area contributed by atoms with Crippen molar-refractivity contribution in [2.75, 3.05) is 18.4 Å². The Bertz CT molecular complexity index is 585. The van der Waals surface area contributed by atoms with Crippen LogP contribution in [0.4, 0.5) is 5.69 Å². The third-order valence-electron chi connectivity index (χ3n) is 4.46. The summed E-state index contributed by atoms with van der Waals surface area (Å²) in [6.45, 7) is 1.55. The minimum absolute atomic E-state index is 0.0590. The molecule has 2 aliphatic rings. The summed E-state index contributed by atoms with van der Waals surface area (Å²) < 4.78 is 0. The highest BCUT2D eigenvalue weighted by Crippen LogP contribution is 2.24. The summed E-state index contributed by atoms with van der Waals surface area (Å²) in [4.78, 5) is 25.4. The number of anilines is 1. The van der Waals surface area contributed by atoms with Crippen molar-refractivity contribution in [3.05, 3.63) is 29.3 Å². The minimum atomic E-state index is 0.0590. The maximum absolute atomic E-state index is 12.2. The van der Waals surface area contributed by atoms with E-state index in [9.17, 15) is 9.59 Å². The largest absolute Gasteiger partial charge is 0.341 e. The highest BCUT2D eigenvalue weighted by atomic mass is 16.2. The molecule has 2 aliphatic heterocycles. The summed E-state index contributed by atoms with van der Waals surface area (Å²) in [5.74, 6) is 0.275. The van der Waals surface area contributed by atoms with Gasteiger partial charge in [0.25, 0.3) is 0 Å².